The number of aromatic nitrogens is 2. The Morgan fingerprint density at radius 1 is 1.38 bits per heavy atom. The predicted octanol–water partition coefficient (Wildman–Crippen LogP) is 2.59. The molecular formula is C10H8ClFN4. The highest BCUT2D eigenvalue weighted by atomic mass is 35.5. The van der Waals surface area contributed by atoms with Gasteiger partial charge in [0, 0.05) is 0 Å². The number of nitrogens with two attached hydrogens (primary N) is 1. The van der Waals surface area contributed by atoms with E-state index in [1.165, 1.54) is 30.7 Å². The van der Waals surface area contributed by atoms with Crippen LogP contribution in [0.15, 0.2) is 30.7 Å². The van der Waals surface area contributed by atoms with Gasteiger partial charge in [-0.3, -0.25) is 0 Å². The van der Waals surface area contributed by atoms with E-state index in [0.29, 0.717) is 17.2 Å². The van der Waals surface area contributed by atoms with Crippen LogP contribution >= 0.6 is 11.6 Å². The van der Waals surface area contributed by atoms with Crippen LogP contribution in [-0.2, 0) is 0 Å². The minimum Gasteiger partial charge on any atom is -0.394 e. The lowest BCUT2D eigenvalue weighted by Gasteiger charge is -2.08. The molecule has 0 amide bonds. The summed E-state index contributed by atoms with van der Waals surface area (Å²) in [4.78, 5) is 7.69. The van der Waals surface area contributed by atoms with Crippen molar-refractivity contribution in [3.8, 4) is 0 Å². The van der Waals surface area contributed by atoms with Crippen molar-refractivity contribution in [1.29, 1.82) is 0 Å². The maximum absolute atomic E-state index is 12.8. The molecule has 0 saturated carbocycles. The summed E-state index contributed by atoms with van der Waals surface area (Å²) in [6.45, 7) is 0. The molecule has 0 radical (unpaired) electrons. The third-order valence-corrected chi connectivity index (χ3v) is 2.24. The Kier molecular flexibility index (Phi) is 2.87. The monoisotopic (exact) mass is 238 g/mol. The van der Waals surface area contributed by atoms with Gasteiger partial charge in [-0.15, -0.1) is 0 Å². The zero-order chi connectivity index (χ0) is 11.5. The zero-order valence-electron chi connectivity index (χ0n) is 8.11. The van der Waals surface area contributed by atoms with Crippen LogP contribution in [0.25, 0.3) is 0 Å². The van der Waals surface area contributed by atoms with Gasteiger partial charge >= 0.3 is 0 Å². The SMILES string of the molecule is Nc1cncnc1Nc1ccc(F)cc1Cl. The standard InChI is InChI=1S/C10H8ClFN4/c11-7-3-6(12)1-2-9(7)16-10-8(13)4-14-5-15-10/h1-5H,13H2,(H,14,15,16). The van der Waals surface area contributed by atoms with E-state index in [-0.39, 0.29) is 5.02 Å². The molecule has 82 valence electrons. The Morgan fingerprint density at radius 3 is 2.88 bits per heavy atom. The molecule has 0 spiro atoms. The Labute approximate surface area is 96.3 Å². The fraction of sp³-hybridized carbons (Fsp3) is 0. The van der Waals surface area contributed by atoms with Gasteiger partial charge in [-0.1, -0.05) is 11.6 Å². The van der Waals surface area contributed by atoms with E-state index in [2.05, 4.69) is 15.3 Å². The van der Waals surface area contributed by atoms with Crippen molar-refractivity contribution < 1.29 is 4.39 Å². The summed E-state index contributed by atoms with van der Waals surface area (Å²) in [5, 5.41) is 3.16. The van der Waals surface area contributed by atoms with Gasteiger partial charge in [0.2, 0.25) is 0 Å². The topological polar surface area (TPSA) is 63.8 Å². The van der Waals surface area contributed by atoms with Crippen molar-refractivity contribution in [3.05, 3.63) is 41.6 Å². The quantitative estimate of drug-likeness (QED) is 0.844. The number of hydrogen-bond donors (Lipinski definition) is 2. The number of rotatable bonds is 2. The van der Waals surface area contributed by atoms with Crippen LogP contribution in [0.2, 0.25) is 5.02 Å². The molecule has 0 bridgehead atoms. The molecule has 0 aliphatic carbocycles. The molecule has 16 heavy (non-hydrogen) atoms. The van der Waals surface area contributed by atoms with E-state index in [1.54, 1.807) is 0 Å². The van der Waals surface area contributed by atoms with Crippen molar-refractivity contribution >= 4 is 28.8 Å². The van der Waals surface area contributed by atoms with Gasteiger partial charge in [-0.05, 0) is 18.2 Å². The number of hydrogen-bond acceptors (Lipinski definition) is 4. The molecule has 2 aromatic rings. The van der Waals surface area contributed by atoms with Crippen molar-refractivity contribution in [2.45, 2.75) is 0 Å². The Hall–Kier alpha value is -1.88. The van der Waals surface area contributed by atoms with Gasteiger partial charge in [0.15, 0.2) is 5.82 Å². The van der Waals surface area contributed by atoms with Gasteiger partial charge in [0.25, 0.3) is 0 Å². The molecule has 1 aromatic carbocycles. The fourth-order valence-corrected chi connectivity index (χ4v) is 1.38. The Bertz CT molecular complexity index is 518. The van der Waals surface area contributed by atoms with E-state index in [4.69, 9.17) is 17.3 Å². The summed E-state index contributed by atoms with van der Waals surface area (Å²) in [5.41, 5.74) is 6.57. The van der Waals surface area contributed by atoms with E-state index in [1.807, 2.05) is 0 Å². The van der Waals surface area contributed by atoms with E-state index < -0.39 is 5.82 Å². The third-order valence-electron chi connectivity index (χ3n) is 1.92. The normalized spacial score (nSPS) is 10.1. The van der Waals surface area contributed by atoms with Gasteiger partial charge in [0.1, 0.15) is 12.1 Å². The maximum Gasteiger partial charge on any atom is 0.157 e. The zero-order valence-corrected chi connectivity index (χ0v) is 8.87. The first-order valence-electron chi connectivity index (χ1n) is 4.44. The maximum atomic E-state index is 12.8. The van der Waals surface area contributed by atoms with Gasteiger partial charge < -0.3 is 11.1 Å². The van der Waals surface area contributed by atoms with Crippen LogP contribution in [0.5, 0.6) is 0 Å². The molecule has 1 aromatic heterocycles. The summed E-state index contributed by atoms with van der Waals surface area (Å²) in [6, 6.07) is 4.02. The summed E-state index contributed by atoms with van der Waals surface area (Å²) in [7, 11) is 0. The first-order chi connectivity index (χ1) is 7.66. The Balaban J connectivity index is 2.31. The first-order valence-corrected chi connectivity index (χ1v) is 4.82. The predicted molar refractivity (Wildman–Crippen MR) is 61.1 cm³/mol. The molecule has 3 N–H and O–H groups in total. The van der Waals surface area contributed by atoms with Crippen LogP contribution in [0, 0.1) is 5.82 Å². The first kappa shape index (κ1) is 10.6. The summed E-state index contributed by atoms with van der Waals surface area (Å²) in [5.74, 6) is 0.0368. The lowest BCUT2D eigenvalue weighted by Crippen LogP contribution is -2.00. The Morgan fingerprint density at radius 2 is 2.19 bits per heavy atom. The summed E-state index contributed by atoms with van der Waals surface area (Å²) in [6.07, 6.45) is 2.82. The number of nitrogens with one attached hydrogen (secondary N) is 1. The fourth-order valence-electron chi connectivity index (χ4n) is 1.16. The molecule has 4 nitrogen and oxygen atoms in total. The smallest absolute Gasteiger partial charge is 0.157 e. The van der Waals surface area contributed by atoms with Crippen LogP contribution in [0.1, 0.15) is 0 Å². The molecule has 1 heterocycles. The van der Waals surface area contributed by atoms with Crippen LogP contribution < -0.4 is 11.1 Å². The third kappa shape index (κ3) is 2.20. The minimum absolute atomic E-state index is 0.262. The molecule has 2 rings (SSSR count). The van der Waals surface area contributed by atoms with E-state index in [9.17, 15) is 4.39 Å². The van der Waals surface area contributed by atoms with Crippen molar-refractivity contribution in [2.24, 2.45) is 0 Å². The van der Waals surface area contributed by atoms with Crippen molar-refractivity contribution in [3.63, 3.8) is 0 Å². The number of benzene rings is 1. The molecule has 0 unspecified atom stereocenters. The van der Waals surface area contributed by atoms with Crippen molar-refractivity contribution in [1.82, 2.24) is 9.97 Å². The van der Waals surface area contributed by atoms with E-state index >= 15 is 0 Å². The molecular weight excluding hydrogens is 231 g/mol. The van der Waals surface area contributed by atoms with E-state index in [0.717, 1.165) is 0 Å². The largest absolute Gasteiger partial charge is 0.394 e. The van der Waals surface area contributed by atoms with Crippen LogP contribution in [-0.4, -0.2) is 9.97 Å². The number of anilines is 3. The van der Waals surface area contributed by atoms with Gasteiger partial charge in [-0.25, -0.2) is 14.4 Å². The highest BCUT2D eigenvalue weighted by Gasteiger charge is 2.05. The second kappa shape index (κ2) is 4.32. The molecule has 0 aliphatic rings. The lowest BCUT2D eigenvalue weighted by atomic mass is 10.3. The highest BCUT2D eigenvalue weighted by Crippen LogP contribution is 2.26. The van der Waals surface area contributed by atoms with Crippen LogP contribution in [0.4, 0.5) is 21.6 Å². The second-order valence-electron chi connectivity index (χ2n) is 3.08. The van der Waals surface area contributed by atoms with Crippen LogP contribution in [0.3, 0.4) is 0 Å². The summed E-state index contributed by atoms with van der Waals surface area (Å²) >= 11 is 5.85. The average Bonchev–Trinajstić information content (AvgIpc) is 2.25. The van der Waals surface area contributed by atoms with Crippen molar-refractivity contribution in [2.75, 3.05) is 11.1 Å². The molecule has 0 saturated heterocycles. The lowest BCUT2D eigenvalue weighted by molar-refractivity contribution is 0.628. The highest BCUT2D eigenvalue weighted by molar-refractivity contribution is 6.33. The second-order valence-corrected chi connectivity index (χ2v) is 3.48. The number of halogens is 2. The number of nitrogen functional groups attached to an aromatic ring is 1. The van der Waals surface area contributed by atoms with Gasteiger partial charge in [0.05, 0.1) is 22.6 Å². The molecule has 0 aliphatic heterocycles. The van der Waals surface area contributed by atoms with Gasteiger partial charge in [-0.2, -0.15) is 0 Å². The molecule has 0 fully saturated rings. The molecule has 6 heteroatoms. The average molecular weight is 239 g/mol. The minimum atomic E-state index is -0.397. The molecule has 0 atom stereocenters. The summed E-state index contributed by atoms with van der Waals surface area (Å²) < 4.78 is 12.8. The number of nitrogens with zero attached hydrogens (tertiary/aromatic N) is 2.